The number of rotatable bonds is 0. The zero-order chi connectivity index (χ0) is 19.6. The van der Waals surface area contributed by atoms with Gasteiger partial charge in [-0.05, 0) is 0 Å². The molecule has 10 aliphatic rings. The molecule has 6 heterocycles. The van der Waals surface area contributed by atoms with Crippen molar-refractivity contribution in [2.75, 3.05) is 0 Å². The van der Waals surface area contributed by atoms with E-state index in [0.717, 1.165) is 66.2 Å². The second-order valence-electron chi connectivity index (χ2n) is 15.3. The van der Waals surface area contributed by atoms with E-state index < -0.39 is 18.4 Å². The summed E-state index contributed by atoms with van der Waals surface area (Å²) in [5.41, 5.74) is 0. The molecule has 4 saturated carbocycles. The molecule has 2 spiro atoms. The van der Waals surface area contributed by atoms with Crippen LogP contribution in [-0.4, -0.2) is 31.8 Å². The van der Waals surface area contributed by atoms with Crippen molar-refractivity contribution in [1.82, 2.24) is 0 Å². The molecular formula is C26H42B2Sn. The molecule has 6 aliphatic heterocycles. The van der Waals surface area contributed by atoms with Crippen molar-refractivity contribution < 1.29 is 0 Å². The van der Waals surface area contributed by atoms with E-state index in [1.807, 2.05) is 0 Å². The fourth-order valence-electron chi connectivity index (χ4n) is 14.9. The summed E-state index contributed by atoms with van der Waals surface area (Å²) >= 11 is -2.36. The molecule has 0 aromatic rings. The van der Waals surface area contributed by atoms with E-state index in [0.29, 0.717) is 0 Å². The minimum absolute atomic E-state index is 0.803. The van der Waals surface area contributed by atoms with Gasteiger partial charge < -0.3 is 0 Å². The summed E-state index contributed by atoms with van der Waals surface area (Å²) in [6, 6.07) is 0. The molecule has 4 aliphatic carbocycles. The van der Waals surface area contributed by atoms with Crippen molar-refractivity contribution in [1.29, 1.82) is 0 Å². The van der Waals surface area contributed by atoms with E-state index in [4.69, 9.17) is 0 Å². The Bertz CT molecular complexity index is 715. The van der Waals surface area contributed by atoms with Gasteiger partial charge in [0.25, 0.3) is 0 Å². The SMILES string of the molecule is C[C]12B3CC4CC5CC(C4)CC3(C5)[C](C)(B3CC4CC5CC(C4)CC31C5)[Sn]2([CH3])[CH3]. The van der Waals surface area contributed by atoms with Crippen molar-refractivity contribution >= 4 is 31.8 Å². The molecular weight excluding hydrogens is 453 g/mol. The molecule has 6 atom stereocenters. The number of hydrogen-bond acceptors (Lipinski definition) is 0. The second kappa shape index (κ2) is 5.04. The molecule has 0 nitrogen and oxygen atoms in total. The van der Waals surface area contributed by atoms with Gasteiger partial charge in [-0.2, -0.15) is 0 Å². The Labute approximate surface area is 184 Å². The van der Waals surface area contributed by atoms with Crippen LogP contribution in [0.4, 0.5) is 0 Å². The third kappa shape index (κ3) is 1.64. The Morgan fingerprint density at radius 1 is 0.552 bits per heavy atom. The van der Waals surface area contributed by atoms with Gasteiger partial charge in [0.15, 0.2) is 0 Å². The molecule has 6 saturated heterocycles. The number of hydrogen-bond donors (Lipinski definition) is 0. The monoisotopic (exact) mass is 496 g/mol. The van der Waals surface area contributed by atoms with Crippen LogP contribution >= 0.6 is 0 Å². The van der Waals surface area contributed by atoms with Crippen molar-refractivity contribution in [2.45, 2.75) is 118 Å². The van der Waals surface area contributed by atoms with Crippen LogP contribution in [0.1, 0.15) is 78.1 Å². The summed E-state index contributed by atoms with van der Waals surface area (Å²) in [6.45, 7) is 8.35. The predicted octanol–water partition coefficient (Wildman–Crippen LogP) is 7.47. The van der Waals surface area contributed by atoms with Gasteiger partial charge in [-0.3, -0.25) is 0 Å². The summed E-state index contributed by atoms with van der Waals surface area (Å²) in [7, 11) is 0. The fraction of sp³-hybridized carbons (Fsp3) is 1.00. The van der Waals surface area contributed by atoms with Crippen LogP contribution in [-0.2, 0) is 0 Å². The topological polar surface area (TPSA) is 0 Å². The van der Waals surface area contributed by atoms with E-state index in [9.17, 15) is 0 Å². The summed E-state index contributed by atoms with van der Waals surface area (Å²) < 4.78 is 1.63. The van der Waals surface area contributed by atoms with Gasteiger partial charge in [0.05, 0.1) is 0 Å². The molecule has 29 heavy (non-hydrogen) atoms. The summed E-state index contributed by atoms with van der Waals surface area (Å²) in [5, 5.41) is 1.61. The fourth-order valence-corrected chi connectivity index (χ4v) is 34.4. The molecule has 10 fully saturated rings. The third-order valence-electron chi connectivity index (χ3n) is 15.1. The van der Waals surface area contributed by atoms with Crippen LogP contribution in [0.3, 0.4) is 0 Å². The van der Waals surface area contributed by atoms with Crippen molar-refractivity contribution in [2.24, 2.45) is 35.5 Å². The van der Waals surface area contributed by atoms with Crippen molar-refractivity contribution in [3.63, 3.8) is 0 Å². The van der Waals surface area contributed by atoms with Gasteiger partial charge in [-0.15, -0.1) is 0 Å². The standard InChI is InChI=1S/C24H36B2.2CH3.Sn/c1-15-23-9-17-3-18(10-23)6-22(5-17)14-26(23)16(2)24-11-19-4-20(12-24)8-21(7-19)13-25(15)24;;;/h17-22H,3-14H2,1-2H3;2*1H3;. The van der Waals surface area contributed by atoms with E-state index in [-0.39, 0.29) is 0 Å². The van der Waals surface area contributed by atoms with E-state index >= 15 is 0 Å². The third-order valence-corrected chi connectivity index (χ3v) is 34.8. The zero-order valence-corrected chi connectivity index (χ0v) is 22.5. The molecule has 0 aromatic carbocycles. The average Bonchev–Trinajstić information content (AvgIpc) is 2.87. The van der Waals surface area contributed by atoms with Gasteiger partial charge >= 0.3 is 185 Å². The van der Waals surface area contributed by atoms with Gasteiger partial charge in [0.2, 0.25) is 0 Å². The van der Waals surface area contributed by atoms with Crippen LogP contribution in [0.5, 0.6) is 0 Å². The quantitative estimate of drug-likeness (QED) is 0.306. The second-order valence-corrected chi connectivity index (χ2v) is 30.6. The van der Waals surface area contributed by atoms with Gasteiger partial charge in [0, 0.05) is 0 Å². The number of fused-ring (bicyclic) bond motifs is 2. The van der Waals surface area contributed by atoms with Crippen molar-refractivity contribution in [3.05, 3.63) is 0 Å². The van der Waals surface area contributed by atoms with Crippen molar-refractivity contribution in [3.8, 4) is 0 Å². The van der Waals surface area contributed by atoms with E-state index in [2.05, 4.69) is 23.7 Å². The molecule has 156 valence electrons. The Balaban J connectivity index is 1.42. The Kier molecular flexibility index (Phi) is 3.19. The van der Waals surface area contributed by atoms with Crippen LogP contribution in [0.2, 0.25) is 39.8 Å². The first-order valence-corrected chi connectivity index (χ1v) is 22.3. The van der Waals surface area contributed by atoms with Crippen LogP contribution in [0, 0.1) is 35.5 Å². The van der Waals surface area contributed by atoms with E-state index in [1.54, 1.807) is 76.8 Å². The summed E-state index contributed by atoms with van der Waals surface area (Å²) in [6.07, 6.45) is 20.0. The molecule has 3 heteroatoms. The summed E-state index contributed by atoms with van der Waals surface area (Å²) in [5.74, 6) is 6.79. The molecule has 10 bridgehead atoms. The molecule has 0 aromatic heterocycles. The van der Waals surface area contributed by atoms with Crippen LogP contribution in [0.15, 0.2) is 0 Å². The first kappa shape index (κ1) is 18.4. The molecule has 10 rings (SSSR count). The van der Waals surface area contributed by atoms with Gasteiger partial charge in [-0.1, -0.05) is 0 Å². The van der Waals surface area contributed by atoms with E-state index in [1.165, 1.54) is 0 Å². The van der Waals surface area contributed by atoms with Gasteiger partial charge in [0.1, 0.15) is 0 Å². The molecule has 0 amide bonds. The molecule has 0 radical (unpaired) electrons. The van der Waals surface area contributed by atoms with Gasteiger partial charge in [-0.25, -0.2) is 0 Å². The predicted molar refractivity (Wildman–Crippen MR) is 128 cm³/mol. The maximum atomic E-state index is 3.03. The molecule has 0 N–H and O–H groups in total. The van der Waals surface area contributed by atoms with Crippen LogP contribution in [0.25, 0.3) is 0 Å². The Morgan fingerprint density at radius 2 is 0.862 bits per heavy atom. The molecule has 6 unspecified atom stereocenters. The average molecular weight is 495 g/mol. The zero-order valence-electron chi connectivity index (χ0n) is 19.6. The minimum atomic E-state index is -2.36. The summed E-state index contributed by atoms with van der Waals surface area (Å²) in [4.78, 5) is 6.07. The first-order chi connectivity index (χ1) is 13.7. The first-order valence-electron chi connectivity index (χ1n) is 13.7. The normalized spacial score (nSPS) is 65.0. The Hall–Kier alpha value is 0.929. The van der Waals surface area contributed by atoms with Crippen LogP contribution < -0.4 is 0 Å². The Morgan fingerprint density at radius 3 is 1.21 bits per heavy atom. The maximum absolute atomic E-state index is 3.03.